The topological polar surface area (TPSA) is 61.4 Å². The van der Waals surface area contributed by atoms with Crippen LogP contribution in [0.25, 0.3) is 0 Å². The van der Waals surface area contributed by atoms with Gasteiger partial charge in [0.15, 0.2) is 0 Å². The van der Waals surface area contributed by atoms with E-state index in [1.807, 2.05) is 44.2 Å². The highest BCUT2D eigenvalue weighted by Crippen LogP contribution is 2.28. The Labute approximate surface area is 171 Å². The highest BCUT2D eigenvalue weighted by Gasteiger charge is 2.33. The Morgan fingerprint density at radius 2 is 1.62 bits per heavy atom. The van der Waals surface area contributed by atoms with Gasteiger partial charge in [0.25, 0.3) is 0 Å². The third-order valence-electron chi connectivity index (χ3n) is 5.17. The molecule has 0 unspecified atom stereocenters. The monoisotopic (exact) mass is 397 g/mol. The van der Waals surface area contributed by atoms with Crippen molar-refractivity contribution in [1.82, 2.24) is 10.2 Å². The van der Waals surface area contributed by atoms with Gasteiger partial charge in [-0.05, 0) is 69.6 Å². The first-order valence-electron chi connectivity index (χ1n) is 10.1. The number of hydrogen-bond acceptors (Lipinski definition) is 3. The van der Waals surface area contributed by atoms with Crippen LogP contribution in [0.3, 0.4) is 0 Å². The second-order valence-corrected chi connectivity index (χ2v) is 7.78. The number of likely N-dealkylation sites (tertiary alicyclic amines) is 1. The van der Waals surface area contributed by atoms with E-state index in [1.54, 1.807) is 12.1 Å². The summed E-state index contributed by atoms with van der Waals surface area (Å²) in [5.41, 5.74) is 1.46. The minimum Gasteiger partial charge on any atom is -0.354 e. The van der Waals surface area contributed by atoms with E-state index < -0.39 is 6.04 Å². The van der Waals surface area contributed by atoms with Crippen LogP contribution in [0.5, 0.6) is 0 Å². The van der Waals surface area contributed by atoms with Crippen LogP contribution in [-0.2, 0) is 9.59 Å². The van der Waals surface area contributed by atoms with Gasteiger partial charge in [-0.3, -0.25) is 14.5 Å². The molecule has 0 aromatic heterocycles. The molecule has 0 spiro atoms. The van der Waals surface area contributed by atoms with Gasteiger partial charge >= 0.3 is 0 Å². The number of nitrogens with one attached hydrogen (secondary N) is 2. The third kappa shape index (κ3) is 5.64. The number of amides is 2. The summed E-state index contributed by atoms with van der Waals surface area (Å²) in [4.78, 5) is 27.6. The maximum Gasteiger partial charge on any atom is 0.246 e. The molecule has 29 heavy (non-hydrogen) atoms. The van der Waals surface area contributed by atoms with E-state index in [1.165, 1.54) is 12.1 Å². The molecular formula is C23H28FN3O2. The number of piperidine rings is 1. The summed E-state index contributed by atoms with van der Waals surface area (Å²) in [6, 6.07) is 15.0. The largest absolute Gasteiger partial charge is 0.354 e. The quantitative estimate of drug-likeness (QED) is 0.781. The predicted octanol–water partition coefficient (Wildman–Crippen LogP) is 3.74. The highest BCUT2D eigenvalue weighted by molar-refractivity contribution is 5.95. The maximum absolute atomic E-state index is 13.2. The molecule has 0 radical (unpaired) electrons. The van der Waals surface area contributed by atoms with Crippen molar-refractivity contribution < 1.29 is 14.0 Å². The van der Waals surface area contributed by atoms with Crippen LogP contribution in [-0.4, -0.2) is 35.8 Å². The van der Waals surface area contributed by atoms with Crippen molar-refractivity contribution in [2.45, 2.75) is 38.8 Å². The molecule has 1 aliphatic heterocycles. The third-order valence-corrected chi connectivity index (χ3v) is 5.17. The number of anilines is 1. The van der Waals surface area contributed by atoms with Gasteiger partial charge < -0.3 is 10.6 Å². The molecule has 2 N–H and O–H groups in total. The first-order chi connectivity index (χ1) is 13.9. The van der Waals surface area contributed by atoms with Crippen molar-refractivity contribution in [1.29, 1.82) is 0 Å². The molecular weight excluding hydrogens is 369 g/mol. The number of carbonyl (C=O) groups is 2. The minimum atomic E-state index is -0.463. The molecule has 0 saturated carbocycles. The summed E-state index contributed by atoms with van der Waals surface area (Å²) in [6.45, 7) is 5.23. The molecule has 1 fully saturated rings. The van der Waals surface area contributed by atoms with E-state index >= 15 is 0 Å². The molecule has 1 saturated heterocycles. The van der Waals surface area contributed by atoms with Crippen LogP contribution < -0.4 is 10.6 Å². The van der Waals surface area contributed by atoms with Crippen molar-refractivity contribution in [3.63, 3.8) is 0 Å². The molecule has 0 bridgehead atoms. The molecule has 0 aliphatic carbocycles. The lowest BCUT2D eigenvalue weighted by Gasteiger charge is -2.36. The second-order valence-electron chi connectivity index (χ2n) is 7.78. The van der Waals surface area contributed by atoms with Crippen molar-refractivity contribution in [3.05, 3.63) is 66.0 Å². The Kier molecular flexibility index (Phi) is 6.99. The van der Waals surface area contributed by atoms with Gasteiger partial charge in [0, 0.05) is 17.6 Å². The van der Waals surface area contributed by atoms with E-state index in [4.69, 9.17) is 0 Å². The van der Waals surface area contributed by atoms with Crippen molar-refractivity contribution in [2.75, 3.05) is 18.4 Å². The number of rotatable bonds is 6. The smallest absolute Gasteiger partial charge is 0.246 e. The van der Waals surface area contributed by atoms with Crippen LogP contribution in [0.1, 0.15) is 38.3 Å². The van der Waals surface area contributed by atoms with Crippen LogP contribution in [0.4, 0.5) is 10.1 Å². The molecule has 1 aliphatic rings. The lowest BCUT2D eigenvalue weighted by molar-refractivity contribution is -0.127. The molecule has 154 valence electrons. The van der Waals surface area contributed by atoms with E-state index in [2.05, 4.69) is 15.5 Å². The van der Waals surface area contributed by atoms with Gasteiger partial charge in [-0.2, -0.15) is 0 Å². The standard InChI is InChI=1S/C23H28FN3O2/c1-16(2)25-22(28)18-12-14-27(15-13-18)21(17-6-4-3-5-7-17)23(29)26-20-10-8-19(24)9-11-20/h3-11,16,18,21H,12-15H2,1-2H3,(H,25,28)(H,26,29)/t21-/m0/s1. The minimum absolute atomic E-state index is 0.0229. The zero-order chi connectivity index (χ0) is 20.8. The number of carbonyl (C=O) groups excluding carboxylic acids is 2. The van der Waals surface area contributed by atoms with Gasteiger partial charge in [0.2, 0.25) is 11.8 Å². The lowest BCUT2D eigenvalue weighted by atomic mass is 9.93. The van der Waals surface area contributed by atoms with Gasteiger partial charge in [-0.25, -0.2) is 4.39 Å². The molecule has 6 heteroatoms. The van der Waals surface area contributed by atoms with Crippen LogP contribution in [0.2, 0.25) is 0 Å². The average molecular weight is 397 g/mol. The van der Waals surface area contributed by atoms with Crippen molar-refractivity contribution in [2.24, 2.45) is 5.92 Å². The van der Waals surface area contributed by atoms with Crippen LogP contribution in [0, 0.1) is 11.7 Å². The summed E-state index contributed by atoms with van der Waals surface area (Å²) in [6.07, 6.45) is 1.43. The molecule has 1 heterocycles. The Balaban J connectivity index is 1.72. The maximum atomic E-state index is 13.2. The van der Waals surface area contributed by atoms with Crippen molar-refractivity contribution in [3.8, 4) is 0 Å². The number of halogens is 1. The summed E-state index contributed by atoms with van der Waals surface area (Å²) in [5.74, 6) is -0.436. The van der Waals surface area contributed by atoms with E-state index in [0.717, 1.165) is 5.56 Å². The SMILES string of the molecule is CC(C)NC(=O)C1CCN([C@H](C(=O)Nc2ccc(F)cc2)c2ccccc2)CC1. The van der Waals surface area contributed by atoms with E-state index in [0.29, 0.717) is 31.6 Å². The zero-order valence-corrected chi connectivity index (χ0v) is 16.9. The Morgan fingerprint density at radius 1 is 1.00 bits per heavy atom. The Morgan fingerprint density at radius 3 is 2.21 bits per heavy atom. The molecule has 2 aromatic carbocycles. The molecule has 5 nitrogen and oxygen atoms in total. The first kappa shape index (κ1) is 21.0. The van der Waals surface area contributed by atoms with Gasteiger partial charge in [-0.1, -0.05) is 30.3 Å². The first-order valence-corrected chi connectivity index (χ1v) is 10.1. The molecule has 3 rings (SSSR count). The predicted molar refractivity (Wildman–Crippen MR) is 112 cm³/mol. The Hall–Kier alpha value is -2.73. The number of benzene rings is 2. The summed E-state index contributed by atoms with van der Waals surface area (Å²) >= 11 is 0. The average Bonchev–Trinajstić information content (AvgIpc) is 2.71. The molecule has 1 atom stereocenters. The van der Waals surface area contributed by atoms with Crippen LogP contribution >= 0.6 is 0 Å². The second kappa shape index (κ2) is 9.65. The number of nitrogens with zero attached hydrogens (tertiary/aromatic N) is 1. The van der Waals surface area contributed by atoms with Crippen molar-refractivity contribution >= 4 is 17.5 Å². The molecule has 2 aromatic rings. The van der Waals surface area contributed by atoms with Gasteiger partial charge in [-0.15, -0.1) is 0 Å². The summed E-state index contributed by atoms with van der Waals surface area (Å²) in [5, 5.41) is 5.88. The van der Waals surface area contributed by atoms with Crippen LogP contribution in [0.15, 0.2) is 54.6 Å². The fourth-order valence-electron chi connectivity index (χ4n) is 3.73. The number of hydrogen-bond donors (Lipinski definition) is 2. The normalized spacial score (nSPS) is 16.4. The zero-order valence-electron chi connectivity index (χ0n) is 16.9. The molecule has 2 amide bonds. The fraction of sp³-hybridized carbons (Fsp3) is 0.391. The summed E-state index contributed by atoms with van der Waals surface area (Å²) in [7, 11) is 0. The highest BCUT2D eigenvalue weighted by atomic mass is 19.1. The van der Waals surface area contributed by atoms with Gasteiger partial charge in [0.05, 0.1) is 0 Å². The van der Waals surface area contributed by atoms with E-state index in [9.17, 15) is 14.0 Å². The fourth-order valence-corrected chi connectivity index (χ4v) is 3.73. The summed E-state index contributed by atoms with van der Waals surface area (Å²) < 4.78 is 13.2. The Bertz CT molecular complexity index is 816. The van der Waals surface area contributed by atoms with E-state index in [-0.39, 0.29) is 29.6 Å². The lowest BCUT2D eigenvalue weighted by Crippen LogP contribution is -2.46. The van der Waals surface area contributed by atoms with Gasteiger partial charge in [0.1, 0.15) is 11.9 Å².